The van der Waals surface area contributed by atoms with Gasteiger partial charge >= 0.3 is 0 Å². The van der Waals surface area contributed by atoms with Crippen LogP contribution in [0.1, 0.15) is 18.9 Å². The van der Waals surface area contributed by atoms with E-state index in [0.717, 1.165) is 23.4 Å². The molecule has 0 saturated carbocycles. The van der Waals surface area contributed by atoms with Gasteiger partial charge in [0.25, 0.3) is 5.69 Å². The number of benzene rings is 1. The number of rotatable bonds is 7. The van der Waals surface area contributed by atoms with E-state index < -0.39 is 0 Å². The average Bonchev–Trinajstić information content (AvgIpc) is 2.89. The van der Waals surface area contributed by atoms with E-state index in [1.165, 1.54) is 0 Å². The van der Waals surface area contributed by atoms with Gasteiger partial charge in [-0.3, -0.25) is 14.8 Å². The zero-order chi connectivity index (χ0) is 15.2. The molecule has 1 aromatic heterocycles. The molecule has 0 radical (unpaired) electrons. The Bertz CT molecular complexity index is 627. The fourth-order valence-electron chi connectivity index (χ4n) is 1.87. The molecule has 0 spiro atoms. The van der Waals surface area contributed by atoms with Gasteiger partial charge in [0.15, 0.2) is 0 Å². The molecule has 0 unspecified atom stereocenters. The molecule has 2 rings (SSSR count). The van der Waals surface area contributed by atoms with E-state index in [4.69, 9.17) is 0 Å². The third-order valence-electron chi connectivity index (χ3n) is 2.91. The number of aryl methyl sites for hydroxylation is 1. The van der Waals surface area contributed by atoms with Crippen LogP contribution in [-0.4, -0.2) is 21.2 Å². The molecule has 1 heterocycles. The molecule has 0 saturated heterocycles. The maximum Gasteiger partial charge on any atom is 0.292 e. The van der Waals surface area contributed by atoms with Crippen molar-refractivity contribution in [2.75, 3.05) is 11.9 Å². The molecular formula is C14H18N4O2S. The van der Waals surface area contributed by atoms with Crippen LogP contribution < -0.4 is 5.32 Å². The Labute approximate surface area is 127 Å². The van der Waals surface area contributed by atoms with Gasteiger partial charge in [0.1, 0.15) is 5.69 Å². The number of nitro benzene ring substituents is 1. The Kier molecular flexibility index (Phi) is 5.21. The van der Waals surface area contributed by atoms with Crippen molar-refractivity contribution in [3.63, 3.8) is 0 Å². The summed E-state index contributed by atoms with van der Waals surface area (Å²) < 4.78 is 1.74. The lowest BCUT2D eigenvalue weighted by Crippen LogP contribution is -2.03. The van der Waals surface area contributed by atoms with E-state index in [0.29, 0.717) is 11.4 Å². The number of aromatic nitrogens is 2. The van der Waals surface area contributed by atoms with Crippen molar-refractivity contribution in [2.45, 2.75) is 24.0 Å². The predicted molar refractivity (Wildman–Crippen MR) is 84.6 cm³/mol. The summed E-state index contributed by atoms with van der Waals surface area (Å²) in [6.45, 7) is 2.75. The maximum atomic E-state index is 11.2. The highest BCUT2D eigenvalue weighted by Gasteiger charge is 2.14. The largest absolute Gasteiger partial charge is 0.380 e. The van der Waals surface area contributed by atoms with E-state index in [-0.39, 0.29) is 10.6 Å². The Morgan fingerprint density at radius 3 is 2.90 bits per heavy atom. The third-order valence-corrected chi connectivity index (χ3v) is 3.93. The number of nitrogens with one attached hydrogen (secondary N) is 1. The van der Waals surface area contributed by atoms with Gasteiger partial charge in [-0.1, -0.05) is 13.0 Å². The quantitative estimate of drug-likeness (QED) is 0.482. The minimum absolute atomic E-state index is 0.132. The molecule has 6 nitrogen and oxygen atoms in total. The molecule has 0 aliphatic rings. The first kappa shape index (κ1) is 15.4. The zero-order valence-corrected chi connectivity index (χ0v) is 12.9. The van der Waals surface area contributed by atoms with Crippen LogP contribution in [0.15, 0.2) is 35.5 Å². The second-order valence-electron chi connectivity index (χ2n) is 4.67. The Balaban J connectivity index is 2.09. The molecule has 0 aliphatic heterocycles. The van der Waals surface area contributed by atoms with Crippen molar-refractivity contribution in [1.82, 2.24) is 9.78 Å². The summed E-state index contributed by atoms with van der Waals surface area (Å²) in [6, 6.07) is 5.35. The van der Waals surface area contributed by atoms with E-state index >= 15 is 0 Å². The fraction of sp³-hybridized carbons (Fsp3) is 0.357. The van der Waals surface area contributed by atoms with Crippen LogP contribution in [0.3, 0.4) is 0 Å². The topological polar surface area (TPSA) is 73.0 Å². The van der Waals surface area contributed by atoms with Gasteiger partial charge in [-0.25, -0.2) is 0 Å². The van der Waals surface area contributed by atoms with Gasteiger partial charge in [-0.15, -0.1) is 11.8 Å². The molecule has 0 amide bonds. The van der Waals surface area contributed by atoms with Crippen molar-refractivity contribution in [3.8, 4) is 0 Å². The highest BCUT2D eigenvalue weighted by atomic mass is 32.2. The lowest BCUT2D eigenvalue weighted by atomic mass is 10.2. The lowest BCUT2D eigenvalue weighted by molar-refractivity contribution is -0.384. The molecule has 0 atom stereocenters. The zero-order valence-electron chi connectivity index (χ0n) is 12.1. The maximum absolute atomic E-state index is 11.2. The normalized spacial score (nSPS) is 10.6. The third kappa shape index (κ3) is 4.22. The summed E-state index contributed by atoms with van der Waals surface area (Å²) in [5.74, 6) is 0.681. The summed E-state index contributed by atoms with van der Waals surface area (Å²) in [7, 11) is 1.86. The van der Waals surface area contributed by atoms with E-state index in [2.05, 4.69) is 10.4 Å². The standard InChI is InChI=1S/C14H18N4O2S/c1-3-6-15-13-5-4-11(7-14(13)18(19)20)10-21-12-8-16-17(2)9-12/h4-5,7-9,15H,3,6,10H2,1-2H3. The van der Waals surface area contributed by atoms with Gasteiger partial charge in [0.2, 0.25) is 0 Å². The number of hydrogen-bond acceptors (Lipinski definition) is 5. The second kappa shape index (κ2) is 7.12. The molecule has 21 heavy (non-hydrogen) atoms. The van der Waals surface area contributed by atoms with Crippen LogP contribution in [0.4, 0.5) is 11.4 Å². The molecule has 1 aromatic carbocycles. The summed E-state index contributed by atoms with van der Waals surface area (Å²) >= 11 is 1.61. The lowest BCUT2D eigenvalue weighted by Gasteiger charge is -2.07. The molecule has 0 aliphatic carbocycles. The summed E-state index contributed by atoms with van der Waals surface area (Å²) in [6.07, 6.45) is 4.64. The first-order chi connectivity index (χ1) is 10.1. The Morgan fingerprint density at radius 2 is 2.29 bits per heavy atom. The summed E-state index contributed by atoms with van der Waals surface area (Å²) in [4.78, 5) is 11.9. The number of anilines is 1. The van der Waals surface area contributed by atoms with Gasteiger partial charge in [0, 0.05) is 36.5 Å². The van der Waals surface area contributed by atoms with Crippen LogP contribution in [0, 0.1) is 10.1 Å². The van der Waals surface area contributed by atoms with Gasteiger partial charge in [-0.2, -0.15) is 5.10 Å². The highest BCUT2D eigenvalue weighted by molar-refractivity contribution is 7.98. The predicted octanol–water partition coefficient (Wildman–Crippen LogP) is 3.44. The smallest absolute Gasteiger partial charge is 0.292 e. The minimum atomic E-state index is -0.337. The van der Waals surface area contributed by atoms with E-state index in [9.17, 15) is 10.1 Å². The van der Waals surface area contributed by atoms with E-state index in [1.54, 1.807) is 34.8 Å². The van der Waals surface area contributed by atoms with Crippen LogP contribution in [-0.2, 0) is 12.8 Å². The van der Waals surface area contributed by atoms with Crippen LogP contribution >= 0.6 is 11.8 Å². The highest BCUT2D eigenvalue weighted by Crippen LogP contribution is 2.29. The molecule has 112 valence electrons. The number of hydrogen-bond donors (Lipinski definition) is 1. The molecule has 0 fully saturated rings. The average molecular weight is 306 g/mol. The molecule has 2 aromatic rings. The first-order valence-electron chi connectivity index (χ1n) is 6.72. The fourth-order valence-corrected chi connectivity index (χ4v) is 2.73. The number of nitrogens with zero attached hydrogens (tertiary/aromatic N) is 3. The summed E-state index contributed by atoms with van der Waals surface area (Å²) in [5, 5.41) is 18.3. The number of thioether (sulfide) groups is 1. The van der Waals surface area contributed by atoms with Crippen LogP contribution in [0.5, 0.6) is 0 Å². The summed E-state index contributed by atoms with van der Waals surface area (Å²) in [5.41, 5.74) is 1.64. The van der Waals surface area contributed by atoms with Crippen molar-refractivity contribution < 1.29 is 4.92 Å². The van der Waals surface area contributed by atoms with Gasteiger partial charge in [-0.05, 0) is 18.1 Å². The Hall–Kier alpha value is -2.02. The Morgan fingerprint density at radius 1 is 1.48 bits per heavy atom. The van der Waals surface area contributed by atoms with Gasteiger partial charge < -0.3 is 5.32 Å². The van der Waals surface area contributed by atoms with Crippen molar-refractivity contribution >= 4 is 23.1 Å². The molecular weight excluding hydrogens is 288 g/mol. The van der Waals surface area contributed by atoms with Crippen molar-refractivity contribution in [1.29, 1.82) is 0 Å². The van der Waals surface area contributed by atoms with Crippen molar-refractivity contribution in [2.24, 2.45) is 7.05 Å². The number of nitro groups is 1. The SMILES string of the molecule is CCCNc1ccc(CSc2cnn(C)c2)cc1[N+](=O)[O-]. The van der Waals surface area contributed by atoms with Crippen LogP contribution in [0.2, 0.25) is 0 Å². The molecule has 0 bridgehead atoms. The van der Waals surface area contributed by atoms with Gasteiger partial charge in [0.05, 0.1) is 11.1 Å². The second-order valence-corrected chi connectivity index (χ2v) is 5.72. The van der Waals surface area contributed by atoms with E-state index in [1.807, 2.05) is 26.2 Å². The van der Waals surface area contributed by atoms with Crippen molar-refractivity contribution in [3.05, 3.63) is 46.3 Å². The molecule has 7 heteroatoms. The molecule has 1 N–H and O–H groups in total. The monoisotopic (exact) mass is 306 g/mol. The van der Waals surface area contributed by atoms with Crippen LogP contribution in [0.25, 0.3) is 0 Å². The first-order valence-corrected chi connectivity index (χ1v) is 7.71. The minimum Gasteiger partial charge on any atom is -0.380 e.